The fourth-order valence-electron chi connectivity index (χ4n) is 1.14. The van der Waals surface area contributed by atoms with E-state index in [9.17, 15) is 0 Å². The molecule has 1 rings (SSSR count). The molecule has 1 unspecified atom stereocenters. The summed E-state index contributed by atoms with van der Waals surface area (Å²) in [6, 6.07) is 0. The highest BCUT2D eigenvalue weighted by Gasteiger charge is 2.21. The van der Waals surface area contributed by atoms with E-state index in [1.165, 1.54) is 0 Å². The Morgan fingerprint density at radius 3 is 2.55 bits per heavy atom. The average Bonchev–Trinajstić information content (AvgIpc) is 1.85. The zero-order chi connectivity index (χ0) is 8.43. The molecule has 2 nitrogen and oxygen atoms in total. The SMILES string of the molecule is OC(O)C1=C(Cl)CC(Cl)CC1. The summed E-state index contributed by atoms with van der Waals surface area (Å²) in [6.45, 7) is 0. The van der Waals surface area contributed by atoms with Crippen molar-refractivity contribution in [2.45, 2.75) is 30.9 Å². The van der Waals surface area contributed by atoms with Crippen molar-refractivity contribution in [2.24, 2.45) is 0 Å². The van der Waals surface area contributed by atoms with Crippen molar-refractivity contribution in [3.63, 3.8) is 0 Å². The first kappa shape index (κ1) is 9.33. The highest BCUT2D eigenvalue weighted by Crippen LogP contribution is 2.31. The molecule has 0 aromatic carbocycles. The van der Waals surface area contributed by atoms with Gasteiger partial charge in [0.2, 0.25) is 0 Å². The number of aliphatic hydroxyl groups excluding tert-OH is 1. The standard InChI is InChI=1S/C7H10Cl2O2/c8-4-1-2-5(7(10)11)6(9)3-4/h4,7,10-11H,1-3H2. The van der Waals surface area contributed by atoms with Crippen LogP contribution < -0.4 is 0 Å². The fraction of sp³-hybridized carbons (Fsp3) is 0.714. The molecule has 1 aliphatic rings. The van der Waals surface area contributed by atoms with Crippen LogP contribution in [-0.4, -0.2) is 21.9 Å². The fourth-order valence-corrected chi connectivity index (χ4v) is 1.87. The van der Waals surface area contributed by atoms with Crippen LogP contribution in [0.2, 0.25) is 0 Å². The number of aliphatic hydroxyl groups is 2. The maximum atomic E-state index is 8.80. The average molecular weight is 197 g/mol. The first-order chi connectivity index (χ1) is 5.11. The van der Waals surface area contributed by atoms with Crippen LogP contribution in [0.5, 0.6) is 0 Å². The van der Waals surface area contributed by atoms with Gasteiger partial charge in [-0.3, -0.25) is 0 Å². The van der Waals surface area contributed by atoms with Gasteiger partial charge in [-0.1, -0.05) is 11.6 Å². The maximum absolute atomic E-state index is 8.80. The zero-order valence-corrected chi connectivity index (χ0v) is 7.44. The van der Waals surface area contributed by atoms with Crippen molar-refractivity contribution in [1.82, 2.24) is 0 Å². The smallest absolute Gasteiger partial charge is 0.175 e. The summed E-state index contributed by atoms with van der Waals surface area (Å²) in [5, 5.41) is 18.2. The Hall–Kier alpha value is 0.240. The van der Waals surface area contributed by atoms with Gasteiger partial charge < -0.3 is 10.2 Å². The van der Waals surface area contributed by atoms with Crippen molar-refractivity contribution >= 4 is 23.2 Å². The predicted molar refractivity (Wildman–Crippen MR) is 44.6 cm³/mol. The van der Waals surface area contributed by atoms with Crippen molar-refractivity contribution in [3.05, 3.63) is 10.6 Å². The van der Waals surface area contributed by atoms with E-state index < -0.39 is 6.29 Å². The quantitative estimate of drug-likeness (QED) is 0.494. The van der Waals surface area contributed by atoms with Crippen LogP contribution in [0.15, 0.2) is 10.6 Å². The second-order valence-corrected chi connectivity index (χ2v) is 3.72. The zero-order valence-electron chi connectivity index (χ0n) is 5.93. The molecule has 11 heavy (non-hydrogen) atoms. The number of alkyl halides is 1. The summed E-state index contributed by atoms with van der Waals surface area (Å²) in [5.74, 6) is 0. The number of allylic oxidation sites excluding steroid dienone is 1. The molecule has 0 aliphatic heterocycles. The van der Waals surface area contributed by atoms with Crippen molar-refractivity contribution in [1.29, 1.82) is 0 Å². The summed E-state index contributed by atoms with van der Waals surface area (Å²) < 4.78 is 0. The monoisotopic (exact) mass is 196 g/mol. The van der Waals surface area contributed by atoms with Gasteiger partial charge in [0.15, 0.2) is 6.29 Å². The van der Waals surface area contributed by atoms with Crippen LogP contribution >= 0.6 is 23.2 Å². The van der Waals surface area contributed by atoms with E-state index in [0.29, 0.717) is 23.4 Å². The summed E-state index contributed by atoms with van der Waals surface area (Å²) in [4.78, 5) is 0. The highest BCUT2D eigenvalue weighted by molar-refractivity contribution is 6.31. The lowest BCUT2D eigenvalue weighted by molar-refractivity contribution is -0.0116. The van der Waals surface area contributed by atoms with E-state index in [1.807, 2.05) is 0 Å². The van der Waals surface area contributed by atoms with E-state index in [-0.39, 0.29) is 5.38 Å². The molecule has 1 atom stereocenters. The third-order valence-corrected chi connectivity index (χ3v) is 2.56. The van der Waals surface area contributed by atoms with E-state index in [2.05, 4.69) is 0 Å². The second-order valence-electron chi connectivity index (χ2n) is 2.64. The van der Waals surface area contributed by atoms with E-state index in [1.54, 1.807) is 0 Å². The van der Waals surface area contributed by atoms with Crippen LogP contribution in [-0.2, 0) is 0 Å². The summed E-state index contributed by atoms with van der Waals surface area (Å²) in [6.07, 6.45) is 0.498. The van der Waals surface area contributed by atoms with Gasteiger partial charge in [0.25, 0.3) is 0 Å². The van der Waals surface area contributed by atoms with Crippen LogP contribution in [0.4, 0.5) is 0 Å². The van der Waals surface area contributed by atoms with Crippen LogP contribution in [0.3, 0.4) is 0 Å². The maximum Gasteiger partial charge on any atom is 0.175 e. The molecule has 0 aromatic rings. The molecule has 64 valence electrons. The molecule has 0 aromatic heterocycles. The highest BCUT2D eigenvalue weighted by atomic mass is 35.5. The number of rotatable bonds is 1. The Labute approximate surface area is 75.4 Å². The molecule has 0 spiro atoms. The molecule has 1 aliphatic carbocycles. The van der Waals surface area contributed by atoms with E-state index >= 15 is 0 Å². The van der Waals surface area contributed by atoms with Gasteiger partial charge in [-0.25, -0.2) is 0 Å². The molecule has 4 heteroatoms. The molecule has 0 saturated heterocycles. The normalized spacial score (nSPS) is 26.5. The largest absolute Gasteiger partial charge is 0.365 e. The molecule has 0 saturated carbocycles. The Bertz CT molecular complexity index is 177. The molecular weight excluding hydrogens is 187 g/mol. The topological polar surface area (TPSA) is 40.5 Å². The molecular formula is C7H10Cl2O2. The third kappa shape index (κ3) is 2.34. The molecule has 0 fully saturated rings. The predicted octanol–water partition coefficient (Wildman–Crippen LogP) is 1.58. The lowest BCUT2D eigenvalue weighted by atomic mass is 9.98. The van der Waals surface area contributed by atoms with Gasteiger partial charge in [0.05, 0.1) is 0 Å². The van der Waals surface area contributed by atoms with Gasteiger partial charge in [-0.05, 0) is 24.8 Å². The van der Waals surface area contributed by atoms with E-state index in [0.717, 1.165) is 6.42 Å². The molecule has 0 bridgehead atoms. The molecule has 0 heterocycles. The minimum atomic E-state index is -1.41. The lowest BCUT2D eigenvalue weighted by Gasteiger charge is -2.20. The number of hydrogen-bond acceptors (Lipinski definition) is 2. The Morgan fingerprint density at radius 1 is 1.45 bits per heavy atom. The summed E-state index contributed by atoms with van der Waals surface area (Å²) >= 11 is 11.5. The molecule has 2 N–H and O–H groups in total. The van der Waals surface area contributed by atoms with Gasteiger partial charge in [-0.2, -0.15) is 0 Å². The third-order valence-electron chi connectivity index (χ3n) is 1.79. The first-order valence-corrected chi connectivity index (χ1v) is 4.30. The minimum Gasteiger partial charge on any atom is -0.365 e. The van der Waals surface area contributed by atoms with E-state index in [4.69, 9.17) is 33.4 Å². The molecule has 0 radical (unpaired) electrons. The van der Waals surface area contributed by atoms with Crippen LogP contribution in [0, 0.1) is 0 Å². The van der Waals surface area contributed by atoms with Crippen molar-refractivity contribution in [2.75, 3.05) is 0 Å². The van der Waals surface area contributed by atoms with Gasteiger partial charge >= 0.3 is 0 Å². The number of halogens is 2. The Morgan fingerprint density at radius 2 is 2.09 bits per heavy atom. The summed E-state index contributed by atoms with van der Waals surface area (Å²) in [5.41, 5.74) is 0.517. The first-order valence-electron chi connectivity index (χ1n) is 3.49. The summed E-state index contributed by atoms with van der Waals surface area (Å²) in [7, 11) is 0. The van der Waals surface area contributed by atoms with Crippen molar-refractivity contribution in [3.8, 4) is 0 Å². The Kier molecular flexibility index (Phi) is 3.19. The van der Waals surface area contributed by atoms with Gasteiger partial charge in [-0.15, -0.1) is 11.6 Å². The van der Waals surface area contributed by atoms with Gasteiger partial charge in [0, 0.05) is 10.4 Å². The minimum absolute atomic E-state index is 0.0463. The van der Waals surface area contributed by atoms with Crippen LogP contribution in [0.1, 0.15) is 19.3 Å². The Balaban J connectivity index is 2.70. The molecule has 0 amide bonds. The van der Waals surface area contributed by atoms with Gasteiger partial charge in [0.1, 0.15) is 0 Å². The number of hydrogen-bond donors (Lipinski definition) is 2. The van der Waals surface area contributed by atoms with Crippen LogP contribution in [0.25, 0.3) is 0 Å². The second kappa shape index (κ2) is 3.76. The lowest BCUT2D eigenvalue weighted by Crippen LogP contribution is -2.17. The van der Waals surface area contributed by atoms with Crippen molar-refractivity contribution < 1.29 is 10.2 Å².